The first kappa shape index (κ1) is 19.4. The third-order valence-corrected chi connectivity index (χ3v) is 6.31. The highest BCUT2D eigenvalue weighted by Gasteiger charge is 2.31. The fourth-order valence-corrected chi connectivity index (χ4v) is 4.81. The molecular weight excluding hydrogens is 327 g/mol. The monoisotopic (exact) mass is 360 g/mol. The lowest BCUT2D eigenvalue weighted by molar-refractivity contribution is 0.0208. The second kappa shape index (κ2) is 9.01. The van der Waals surface area contributed by atoms with Gasteiger partial charge in [0.25, 0.3) is 0 Å². The minimum absolute atomic E-state index is 0.0835. The van der Waals surface area contributed by atoms with Gasteiger partial charge in [-0.1, -0.05) is 70.9 Å². The van der Waals surface area contributed by atoms with E-state index in [2.05, 4.69) is 6.92 Å². The molecule has 0 aromatic heterocycles. The van der Waals surface area contributed by atoms with Crippen molar-refractivity contribution in [3.8, 4) is 0 Å². The van der Waals surface area contributed by atoms with Crippen LogP contribution in [-0.4, -0.2) is 12.1 Å². The summed E-state index contributed by atoms with van der Waals surface area (Å²) in [7, 11) is 0. The van der Waals surface area contributed by atoms with Crippen molar-refractivity contribution in [2.45, 2.75) is 90.6 Å². The van der Waals surface area contributed by atoms with Crippen molar-refractivity contribution in [1.82, 2.24) is 0 Å². The molecule has 144 valence electrons. The van der Waals surface area contributed by atoms with Gasteiger partial charge in [-0.2, -0.15) is 0 Å². The first-order valence-corrected chi connectivity index (χ1v) is 10.6. The summed E-state index contributed by atoms with van der Waals surface area (Å²) >= 11 is 0. The number of carbonyl (C=O) groups is 1. The van der Waals surface area contributed by atoms with E-state index in [0.29, 0.717) is 18.4 Å². The number of hydrogen-bond acceptors (Lipinski definition) is 2. The van der Waals surface area contributed by atoms with Gasteiger partial charge in [0.05, 0.1) is 5.56 Å². The summed E-state index contributed by atoms with van der Waals surface area (Å²) < 4.78 is 20.2. The lowest BCUT2D eigenvalue weighted by Gasteiger charge is -2.30. The molecule has 0 saturated heterocycles. The van der Waals surface area contributed by atoms with Gasteiger partial charge >= 0.3 is 5.97 Å². The van der Waals surface area contributed by atoms with Gasteiger partial charge in [-0.15, -0.1) is 0 Å². The van der Waals surface area contributed by atoms with Crippen LogP contribution in [0.2, 0.25) is 0 Å². The van der Waals surface area contributed by atoms with Crippen LogP contribution in [0.5, 0.6) is 0 Å². The van der Waals surface area contributed by atoms with E-state index in [1.165, 1.54) is 38.5 Å². The van der Waals surface area contributed by atoms with Gasteiger partial charge in [0, 0.05) is 6.42 Å². The van der Waals surface area contributed by atoms with Crippen molar-refractivity contribution < 1.29 is 13.9 Å². The van der Waals surface area contributed by atoms with E-state index in [-0.39, 0.29) is 17.5 Å². The maximum Gasteiger partial charge on any atom is 0.341 e. The Morgan fingerprint density at radius 1 is 1.00 bits per heavy atom. The molecule has 1 saturated carbocycles. The molecule has 26 heavy (non-hydrogen) atoms. The van der Waals surface area contributed by atoms with Crippen molar-refractivity contribution in [3.63, 3.8) is 0 Å². The van der Waals surface area contributed by atoms with E-state index in [1.54, 1.807) is 0 Å². The molecule has 1 aromatic carbocycles. The molecule has 1 unspecified atom stereocenters. The summed E-state index contributed by atoms with van der Waals surface area (Å²) in [5.74, 6) is 0.878. The lowest BCUT2D eigenvalue weighted by Crippen LogP contribution is -2.30. The van der Waals surface area contributed by atoms with Gasteiger partial charge in [0.2, 0.25) is 0 Å². The van der Waals surface area contributed by atoms with E-state index in [1.807, 2.05) is 19.1 Å². The SMILES string of the molecule is CCCc1ccc2c(c1F)C(=O)OC(CCC1CCC(CCC)CC1)C2. The highest BCUT2D eigenvalue weighted by atomic mass is 19.1. The first-order valence-electron chi connectivity index (χ1n) is 10.6. The molecule has 2 nitrogen and oxygen atoms in total. The number of carbonyl (C=O) groups excluding carboxylic acids is 1. The standard InChI is InChI=1S/C23H33FO2/c1-3-5-16-7-9-17(10-8-16)11-14-20-15-19-13-12-18(6-4-2)22(24)21(19)23(25)26-20/h12-13,16-17,20H,3-11,14-15H2,1-2H3. The molecule has 0 spiro atoms. The predicted octanol–water partition coefficient (Wildman–Crippen LogP) is 6.25. The normalized spacial score (nSPS) is 25.7. The number of fused-ring (bicyclic) bond motifs is 1. The average Bonchev–Trinajstić information content (AvgIpc) is 2.63. The summed E-state index contributed by atoms with van der Waals surface area (Å²) in [6.45, 7) is 4.29. The average molecular weight is 361 g/mol. The molecule has 1 aliphatic carbocycles. The van der Waals surface area contributed by atoms with Crippen LogP contribution in [0, 0.1) is 17.7 Å². The van der Waals surface area contributed by atoms with Crippen LogP contribution in [0.3, 0.4) is 0 Å². The minimum Gasteiger partial charge on any atom is -0.458 e. The molecule has 3 rings (SSSR count). The zero-order chi connectivity index (χ0) is 18.5. The smallest absolute Gasteiger partial charge is 0.341 e. The first-order chi connectivity index (χ1) is 12.6. The summed E-state index contributed by atoms with van der Waals surface area (Å²) in [5, 5.41) is 0. The Labute approximate surface area is 157 Å². The molecule has 1 aliphatic heterocycles. The Morgan fingerprint density at radius 2 is 1.69 bits per heavy atom. The molecule has 0 radical (unpaired) electrons. The van der Waals surface area contributed by atoms with Crippen molar-refractivity contribution in [2.75, 3.05) is 0 Å². The number of cyclic esters (lactones) is 1. The van der Waals surface area contributed by atoms with Crippen LogP contribution in [0.4, 0.5) is 4.39 Å². The van der Waals surface area contributed by atoms with Crippen LogP contribution in [0.15, 0.2) is 12.1 Å². The Bertz CT molecular complexity index is 617. The van der Waals surface area contributed by atoms with Crippen LogP contribution in [0.25, 0.3) is 0 Å². The van der Waals surface area contributed by atoms with E-state index in [0.717, 1.165) is 36.7 Å². The molecule has 0 N–H and O–H groups in total. The maximum atomic E-state index is 14.6. The van der Waals surface area contributed by atoms with Gasteiger partial charge in [0.15, 0.2) is 0 Å². The zero-order valence-electron chi connectivity index (χ0n) is 16.4. The third-order valence-electron chi connectivity index (χ3n) is 6.31. The summed E-state index contributed by atoms with van der Waals surface area (Å²) in [4.78, 5) is 12.4. The second-order valence-corrected chi connectivity index (χ2v) is 8.31. The Kier molecular flexibility index (Phi) is 6.72. The maximum absolute atomic E-state index is 14.6. The fourth-order valence-electron chi connectivity index (χ4n) is 4.81. The molecule has 2 aliphatic rings. The van der Waals surface area contributed by atoms with Crippen molar-refractivity contribution in [2.24, 2.45) is 11.8 Å². The molecule has 0 bridgehead atoms. The van der Waals surface area contributed by atoms with Gasteiger partial charge in [-0.25, -0.2) is 9.18 Å². The topological polar surface area (TPSA) is 26.3 Å². The van der Waals surface area contributed by atoms with E-state index >= 15 is 0 Å². The molecule has 1 atom stereocenters. The lowest BCUT2D eigenvalue weighted by atomic mass is 9.78. The van der Waals surface area contributed by atoms with Gasteiger partial charge < -0.3 is 4.74 Å². The number of hydrogen-bond donors (Lipinski definition) is 0. The third kappa shape index (κ3) is 4.47. The Morgan fingerprint density at radius 3 is 2.35 bits per heavy atom. The highest BCUT2D eigenvalue weighted by Crippen LogP contribution is 2.35. The number of ether oxygens (including phenoxy) is 1. The molecule has 1 heterocycles. The van der Waals surface area contributed by atoms with Gasteiger partial charge in [0.1, 0.15) is 11.9 Å². The van der Waals surface area contributed by atoms with E-state index < -0.39 is 5.97 Å². The minimum atomic E-state index is -0.460. The molecule has 3 heteroatoms. The summed E-state index contributed by atoms with van der Waals surface area (Å²) in [5.41, 5.74) is 1.65. The highest BCUT2D eigenvalue weighted by molar-refractivity contribution is 5.92. The number of rotatable bonds is 7. The summed E-state index contributed by atoms with van der Waals surface area (Å²) in [6.07, 6.45) is 12.2. The van der Waals surface area contributed by atoms with E-state index in [4.69, 9.17) is 4.74 Å². The predicted molar refractivity (Wildman–Crippen MR) is 103 cm³/mol. The van der Waals surface area contributed by atoms with E-state index in [9.17, 15) is 9.18 Å². The molecule has 1 aromatic rings. The van der Waals surface area contributed by atoms with Crippen molar-refractivity contribution in [3.05, 3.63) is 34.6 Å². The Balaban J connectivity index is 1.55. The van der Waals surface area contributed by atoms with Crippen molar-refractivity contribution >= 4 is 5.97 Å². The van der Waals surface area contributed by atoms with Crippen LogP contribution >= 0.6 is 0 Å². The Hall–Kier alpha value is -1.38. The number of benzene rings is 1. The van der Waals surface area contributed by atoms with Crippen LogP contribution in [-0.2, 0) is 17.6 Å². The van der Waals surface area contributed by atoms with Crippen LogP contribution < -0.4 is 0 Å². The largest absolute Gasteiger partial charge is 0.458 e. The fraction of sp³-hybridized carbons (Fsp3) is 0.696. The van der Waals surface area contributed by atoms with Crippen LogP contribution in [0.1, 0.15) is 93.1 Å². The molecule has 0 amide bonds. The number of esters is 1. The number of aryl methyl sites for hydroxylation is 1. The molecular formula is C23H33FO2. The quantitative estimate of drug-likeness (QED) is 0.537. The number of halogens is 1. The van der Waals surface area contributed by atoms with Gasteiger partial charge in [-0.3, -0.25) is 0 Å². The zero-order valence-corrected chi connectivity index (χ0v) is 16.4. The summed E-state index contributed by atoms with van der Waals surface area (Å²) in [6, 6.07) is 3.79. The molecule has 1 fully saturated rings. The second-order valence-electron chi connectivity index (χ2n) is 8.31. The van der Waals surface area contributed by atoms with Crippen molar-refractivity contribution in [1.29, 1.82) is 0 Å². The van der Waals surface area contributed by atoms with Gasteiger partial charge in [-0.05, 0) is 42.2 Å².